The Morgan fingerprint density at radius 3 is 2.59 bits per heavy atom. The Kier molecular flexibility index (Phi) is 4.70. The molecule has 8 heteroatoms. The number of fused-ring (bicyclic) bond motifs is 1. The molecule has 150 valence electrons. The van der Waals surface area contributed by atoms with E-state index in [0.29, 0.717) is 30.2 Å². The Bertz CT molecular complexity index is 1190. The van der Waals surface area contributed by atoms with Gasteiger partial charge in [-0.1, -0.05) is 6.07 Å². The lowest BCUT2D eigenvalue weighted by Gasteiger charge is -2.24. The molecule has 0 fully saturated rings. The highest BCUT2D eigenvalue weighted by molar-refractivity contribution is 5.85. The van der Waals surface area contributed by atoms with Crippen molar-refractivity contribution in [3.8, 4) is 0 Å². The zero-order valence-corrected chi connectivity index (χ0v) is 17.0. The van der Waals surface area contributed by atoms with E-state index in [9.17, 15) is 4.39 Å². The molecule has 0 aliphatic heterocycles. The van der Waals surface area contributed by atoms with Crippen molar-refractivity contribution in [2.24, 2.45) is 7.05 Å². The highest BCUT2D eigenvalue weighted by Gasteiger charge is 2.18. The summed E-state index contributed by atoms with van der Waals surface area (Å²) in [5.41, 5.74) is 9.49. The second-order valence-electron chi connectivity index (χ2n) is 7.28. The van der Waals surface area contributed by atoms with Crippen molar-refractivity contribution in [3.63, 3.8) is 0 Å². The van der Waals surface area contributed by atoms with E-state index >= 15 is 0 Å². The summed E-state index contributed by atoms with van der Waals surface area (Å²) in [5.74, 6) is 1.73. The van der Waals surface area contributed by atoms with Gasteiger partial charge in [-0.2, -0.15) is 5.10 Å². The third-order valence-electron chi connectivity index (χ3n) is 5.19. The van der Waals surface area contributed by atoms with Crippen LogP contribution in [-0.4, -0.2) is 30.9 Å². The van der Waals surface area contributed by atoms with Crippen LogP contribution in [0.5, 0.6) is 0 Å². The number of aromatic nitrogens is 5. The lowest BCUT2D eigenvalue weighted by molar-refractivity contribution is 0.615. The van der Waals surface area contributed by atoms with Gasteiger partial charge in [-0.05, 0) is 38.5 Å². The number of aryl methyl sites for hydroxylation is 4. The molecule has 0 aliphatic rings. The number of halogens is 1. The second kappa shape index (κ2) is 7.20. The van der Waals surface area contributed by atoms with Gasteiger partial charge in [-0.15, -0.1) is 0 Å². The molecule has 0 spiro atoms. The fourth-order valence-electron chi connectivity index (χ4n) is 3.80. The molecule has 0 amide bonds. The van der Waals surface area contributed by atoms with Crippen LogP contribution >= 0.6 is 0 Å². The number of nitrogen functional groups attached to an aromatic ring is 1. The van der Waals surface area contributed by atoms with Crippen molar-refractivity contribution in [1.82, 2.24) is 24.3 Å². The van der Waals surface area contributed by atoms with E-state index < -0.39 is 0 Å². The summed E-state index contributed by atoms with van der Waals surface area (Å²) in [4.78, 5) is 10.4. The van der Waals surface area contributed by atoms with Gasteiger partial charge in [0.25, 0.3) is 0 Å². The first-order chi connectivity index (χ1) is 13.8. The summed E-state index contributed by atoms with van der Waals surface area (Å²) in [7, 11) is 1.89. The second-order valence-corrected chi connectivity index (χ2v) is 7.28. The number of nitrogens with zero attached hydrogens (tertiary/aromatic N) is 6. The molecule has 0 radical (unpaired) electrons. The van der Waals surface area contributed by atoms with Crippen molar-refractivity contribution in [3.05, 3.63) is 59.4 Å². The lowest BCUT2D eigenvalue weighted by atomic mass is 10.1. The van der Waals surface area contributed by atoms with Gasteiger partial charge in [0.05, 0.1) is 11.2 Å². The average molecular weight is 393 g/mol. The van der Waals surface area contributed by atoms with Gasteiger partial charge in [0.15, 0.2) is 0 Å². The first-order valence-corrected chi connectivity index (χ1v) is 9.46. The number of anilines is 3. The Morgan fingerprint density at radius 2 is 1.90 bits per heavy atom. The van der Waals surface area contributed by atoms with Crippen molar-refractivity contribution in [1.29, 1.82) is 0 Å². The predicted molar refractivity (Wildman–Crippen MR) is 113 cm³/mol. The van der Waals surface area contributed by atoms with Crippen LogP contribution in [0.15, 0.2) is 36.7 Å². The maximum Gasteiger partial charge on any atom is 0.147 e. The summed E-state index contributed by atoms with van der Waals surface area (Å²) < 4.78 is 18.5. The zero-order chi connectivity index (χ0) is 20.7. The Labute approximate surface area is 168 Å². The monoisotopic (exact) mass is 393 g/mol. The van der Waals surface area contributed by atoms with Crippen LogP contribution < -0.4 is 10.6 Å². The molecule has 0 atom stereocenters. The minimum Gasteiger partial charge on any atom is -0.384 e. The van der Waals surface area contributed by atoms with E-state index in [-0.39, 0.29) is 5.82 Å². The van der Waals surface area contributed by atoms with Crippen LogP contribution in [0.25, 0.3) is 10.9 Å². The van der Waals surface area contributed by atoms with Gasteiger partial charge in [0, 0.05) is 43.4 Å². The topological polar surface area (TPSA) is 77.8 Å². The molecule has 3 aromatic heterocycles. The molecule has 29 heavy (non-hydrogen) atoms. The largest absolute Gasteiger partial charge is 0.384 e. The van der Waals surface area contributed by atoms with Crippen LogP contribution in [0.2, 0.25) is 0 Å². The van der Waals surface area contributed by atoms with Gasteiger partial charge in [0.1, 0.15) is 29.6 Å². The fourth-order valence-corrected chi connectivity index (χ4v) is 3.80. The normalized spacial score (nSPS) is 11.3. The fraction of sp³-hybridized carbons (Fsp3) is 0.286. The van der Waals surface area contributed by atoms with Gasteiger partial charge in [-0.25, -0.2) is 14.4 Å². The summed E-state index contributed by atoms with van der Waals surface area (Å²) in [6, 6.07) is 9.10. The molecule has 0 saturated carbocycles. The Morgan fingerprint density at radius 1 is 1.10 bits per heavy atom. The van der Waals surface area contributed by atoms with E-state index in [2.05, 4.69) is 15.1 Å². The van der Waals surface area contributed by atoms with Crippen molar-refractivity contribution >= 4 is 28.4 Å². The van der Waals surface area contributed by atoms with E-state index in [4.69, 9.17) is 5.73 Å². The first-order valence-electron chi connectivity index (χ1n) is 9.46. The molecular weight excluding hydrogens is 369 g/mol. The third kappa shape index (κ3) is 3.41. The molecule has 7 nitrogen and oxygen atoms in total. The molecule has 2 N–H and O–H groups in total. The third-order valence-corrected chi connectivity index (χ3v) is 5.19. The molecule has 4 aromatic rings. The summed E-state index contributed by atoms with van der Waals surface area (Å²) in [6.07, 6.45) is 1.44. The van der Waals surface area contributed by atoms with E-state index in [1.54, 1.807) is 10.7 Å². The number of rotatable bonds is 5. The first kappa shape index (κ1) is 18.9. The average Bonchev–Trinajstić information content (AvgIpc) is 3.18. The summed E-state index contributed by atoms with van der Waals surface area (Å²) >= 11 is 0. The van der Waals surface area contributed by atoms with Crippen molar-refractivity contribution < 1.29 is 4.39 Å². The van der Waals surface area contributed by atoms with E-state index in [1.807, 2.05) is 55.5 Å². The highest BCUT2D eigenvalue weighted by Crippen LogP contribution is 2.28. The molecular formula is C21H24FN7. The van der Waals surface area contributed by atoms with Crippen molar-refractivity contribution in [2.45, 2.75) is 27.3 Å². The maximum absolute atomic E-state index is 14.6. The molecule has 1 aromatic carbocycles. The van der Waals surface area contributed by atoms with E-state index in [1.165, 1.54) is 12.4 Å². The Hall–Kier alpha value is -3.42. The van der Waals surface area contributed by atoms with Crippen molar-refractivity contribution in [2.75, 3.05) is 17.2 Å². The Balaban J connectivity index is 1.75. The number of hydrogen-bond acceptors (Lipinski definition) is 5. The maximum atomic E-state index is 14.6. The molecule has 0 saturated heterocycles. The molecule has 0 bridgehead atoms. The minimum absolute atomic E-state index is 0.215. The summed E-state index contributed by atoms with van der Waals surface area (Å²) in [5, 5.41) is 5.39. The molecule has 3 heterocycles. The van der Waals surface area contributed by atoms with Crippen LogP contribution in [0.1, 0.15) is 17.0 Å². The predicted octanol–water partition coefficient (Wildman–Crippen LogP) is 3.65. The van der Waals surface area contributed by atoms with Crippen LogP contribution in [0.3, 0.4) is 0 Å². The number of hydrogen-bond donors (Lipinski definition) is 1. The molecule has 0 aliphatic carbocycles. The SMILES string of the molecule is Cc1cc(N(CCn2c(C)cc3c(C)ccc(F)c32)c2cc(N)ncn2)n(C)n1. The number of benzene rings is 1. The van der Waals surface area contributed by atoms with Crippen LogP contribution in [-0.2, 0) is 13.6 Å². The van der Waals surface area contributed by atoms with E-state index in [0.717, 1.165) is 28.2 Å². The van der Waals surface area contributed by atoms with Crippen LogP contribution in [0, 0.1) is 26.6 Å². The lowest BCUT2D eigenvalue weighted by Crippen LogP contribution is -2.26. The van der Waals surface area contributed by atoms with Gasteiger partial charge in [-0.3, -0.25) is 4.68 Å². The summed E-state index contributed by atoms with van der Waals surface area (Å²) in [6.45, 7) is 7.08. The van der Waals surface area contributed by atoms with Gasteiger partial charge in [0.2, 0.25) is 0 Å². The van der Waals surface area contributed by atoms with Gasteiger partial charge < -0.3 is 15.2 Å². The highest BCUT2D eigenvalue weighted by atomic mass is 19.1. The molecule has 0 unspecified atom stereocenters. The zero-order valence-electron chi connectivity index (χ0n) is 17.0. The quantitative estimate of drug-likeness (QED) is 0.560. The standard InChI is InChI=1S/C21H24FN7/c1-13-5-6-17(22)21-16(13)10-15(3)28(21)7-8-29(19-11-18(23)24-12-25-19)20-9-14(2)26-27(20)4/h5-6,9-12H,7-8H2,1-4H3,(H2,23,24,25). The minimum atomic E-state index is -0.215. The smallest absolute Gasteiger partial charge is 0.147 e. The van der Waals surface area contributed by atoms with Gasteiger partial charge >= 0.3 is 0 Å². The van der Waals surface area contributed by atoms with Crippen LogP contribution in [0.4, 0.5) is 21.8 Å². The molecule has 4 rings (SSSR count). The number of nitrogens with two attached hydrogens (primary N) is 1.